The van der Waals surface area contributed by atoms with E-state index in [4.69, 9.17) is 19.3 Å². The van der Waals surface area contributed by atoms with Crippen molar-refractivity contribution < 1.29 is 55.1 Å². The Kier molecular flexibility index (Phi) is 6.27. The van der Waals surface area contributed by atoms with Crippen LogP contribution < -0.4 is 0 Å². The molecular formula is C12H22O11. The van der Waals surface area contributed by atoms with Gasteiger partial charge in [-0.1, -0.05) is 0 Å². The first-order valence-electron chi connectivity index (χ1n) is 7.08. The number of rotatable bonds is 4. The third-order valence-corrected chi connectivity index (χ3v) is 3.98. The van der Waals surface area contributed by atoms with Gasteiger partial charge in [-0.2, -0.15) is 0 Å². The molecule has 0 aliphatic carbocycles. The third kappa shape index (κ3) is 3.65. The van der Waals surface area contributed by atoms with Gasteiger partial charge < -0.3 is 55.1 Å². The predicted octanol–water partition coefficient (Wildman–Crippen LogP) is -5.40. The second kappa shape index (κ2) is 7.63. The van der Waals surface area contributed by atoms with Crippen molar-refractivity contribution in [1.82, 2.24) is 0 Å². The van der Waals surface area contributed by atoms with Crippen molar-refractivity contribution in [3.05, 3.63) is 0 Å². The Morgan fingerprint density at radius 1 is 0.652 bits per heavy atom. The van der Waals surface area contributed by atoms with Crippen LogP contribution in [0.25, 0.3) is 0 Å². The molecule has 0 amide bonds. The van der Waals surface area contributed by atoms with Gasteiger partial charge in [0.15, 0.2) is 12.6 Å². The van der Waals surface area contributed by atoms with Crippen molar-refractivity contribution in [2.45, 2.75) is 61.4 Å². The summed E-state index contributed by atoms with van der Waals surface area (Å²) >= 11 is 0. The molecule has 0 saturated carbocycles. The molecule has 2 saturated heterocycles. The van der Waals surface area contributed by atoms with Crippen LogP contribution in [0.4, 0.5) is 0 Å². The van der Waals surface area contributed by atoms with E-state index in [0.29, 0.717) is 0 Å². The zero-order valence-corrected chi connectivity index (χ0v) is 12.0. The zero-order chi connectivity index (χ0) is 17.3. The average molecular weight is 342 g/mol. The first-order chi connectivity index (χ1) is 10.8. The second-order valence-corrected chi connectivity index (χ2v) is 5.53. The smallest absolute Gasteiger partial charge is 0.187 e. The number of ether oxygens (including phenoxy) is 3. The molecule has 0 aromatic heterocycles. The highest BCUT2D eigenvalue weighted by Gasteiger charge is 2.50. The summed E-state index contributed by atoms with van der Waals surface area (Å²) in [6.07, 6.45) is -15.6. The normalized spacial score (nSPS) is 51.7. The van der Waals surface area contributed by atoms with E-state index >= 15 is 0 Å². The Morgan fingerprint density at radius 2 is 1.26 bits per heavy atom. The van der Waals surface area contributed by atoms with Gasteiger partial charge in [0, 0.05) is 0 Å². The van der Waals surface area contributed by atoms with E-state index in [0.717, 1.165) is 0 Å². The predicted molar refractivity (Wildman–Crippen MR) is 68.6 cm³/mol. The van der Waals surface area contributed by atoms with Gasteiger partial charge in [-0.15, -0.1) is 0 Å². The van der Waals surface area contributed by atoms with E-state index in [1.54, 1.807) is 0 Å². The maximum absolute atomic E-state index is 9.94. The highest BCUT2D eigenvalue weighted by Crippen LogP contribution is 2.28. The van der Waals surface area contributed by atoms with E-state index in [2.05, 4.69) is 0 Å². The minimum absolute atomic E-state index is 0.667. The van der Waals surface area contributed by atoms with Gasteiger partial charge in [0.25, 0.3) is 0 Å². The van der Waals surface area contributed by atoms with E-state index in [1.807, 2.05) is 0 Å². The molecule has 136 valence electrons. The van der Waals surface area contributed by atoms with Crippen LogP contribution in [-0.2, 0) is 14.2 Å². The van der Waals surface area contributed by atoms with Crippen LogP contribution in [-0.4, -0.2) is 115 Å². The Balaban J connectivity index is 2.11. The summed E-state index contributed by atoms with van der Waals surface area (Å²) < 4.78 is 15.3. The fourth-order valence-corrected chi connectivity index (χ4v) is 2.57. The van der Waals surface area contributed by atoms with E-state index in [-0.39, 0.29) is 0 Å². The van der Waals surface area contributed by atoms with Gasteiger partial charge in [0.05, 0.1) is 13.2 Å². The summed E-state index contributed by atoms with van der Waals surface area (Å²) in [5.74, 6) is 0. The van der Waals surface area contributed by atoms with Gasteiger partial charge in [-0.3, -0.25) is 0 Å². The van der Waals surface area contributed by atoms with Crippen molar-refractivity contribution in [3.63, 3.8) is 0 Å². The van der Waals surface area contributed by atoms with Crippen LogP contribution in [0, 0.1) is 0 Å². The van der Waals surface area contributed by atoms with Crippen LogP contribution in [0.1, 0.15) is 0 Å². The van der Waals surface area contributed by atoms with Crippen molar-refractivity contribution in [2.75, 3.05) is 13.2 Å². The number of hydrogen-bond acceptors (Lipinski definition) is 11. The van der Waals surface area contributed by atoms with Crippen LogP contribution in [0.2, 0.25) is 0 Å². The molecule has 11 nitrogen and oxygen atoms in total. The highest BCUT2D eigenvalue weighted by molar-refractivity contribution is 4.93. The van der Waals surface area contributed by atoms with Crippen molar-refractivity contribution in [3.8, 4) is 0 Å². The molecule has 2 rings (SSSR count). The molecule has 0 spiro atoms. The van der Waals surface area contributed by atoms with Gasteiger partial charge >= 0.3 is 0 Å². The van der Waals surface area contributed by atoms with E-state index in [9.17, 15) is 35.7 Å². The van der Waals surface area contributed by atoms with Gasteiger partial charge in [-0.05, 0) is 0 Å². The van der Waals surface area contributed by atoms with Gasteiger partial charge in [0.2, 0.25) is 0 Å². The molecule has 2 fully saturated rings. The van der Waals surface area contributed by atoms with Crippen LogP contribution in [0.3, 0.4) is 0 Å². The molecular weight excluding hydrogens is 320 g/mol. The Bertz CT molecular complexity index is 378. The van der Waals surface area contributed by atoms with Gasteiger partial charge in [0.1, 0.15) is 48.8 Å². The fourth-order valence-electron chi connectivity index (χ4n) is 2.57. The van der Waals surface area contributed by atoms with Crippen molar-refractivity contribution in [1.29, 1.82) is 0 Å². The number of aliphatic hydroxyl groups is 8. The fraction of sp³-hybridized carbons (Fsp3) is 1.00. The molecule has 11 heteroatoms. The molecule has 10 atom stereocenters. The molecule has 23 heavy (non-hydrogen) atoms. The highest BCUT2D eigenvalue weighted by atomic mass is 16.7. The van der Waals surface area contributed by atoms with Crippen molar-refractivity contribution >= 4 is 0 Å². The van der Waals surface area contributed by atoms with Crippen molar-refractivity contribution in [2.24, 2.45) is 0 Å². The zero-order valence-electron chi connectivity index (χ0n) is 12.0. The third-order valence-electron chi connectivity index (χ3n) is 3.98. The minimum atomic E-state index is -1.74. The molecule has 0 radical (unpaired) electrons. The van der Waals surface area contributed by atoms with E-state index in [1.165, 1.54) is 0 Å². The Morgan fingerprint density at radius 3 is 1.83 bits per heavy atom. The molecule has 8 N–H and O–H groups in total. The Hall–Kier alpha value is -0.440. The number of hydrogen-bond donors (Lipinski definition) is 8. The quantitative estimate of drug-likeness (QED) is 0.243. The van der Waals surface area contributed by atoms with Crippen LogP contribution in [0.15, 0.2) is 0 Å². The molecule has 0 bridgehead atoms. The number of aliphatic hydroxyl groups excluding tert-OH is 8. The summed E-state index contributed by atoms with van der Waals surface area (Å²) in [5, 5.41) is 76.5. The lowest BCUT2D eigenvalue weighted by molar-refractivity contribution is -0.355. The molecule has 0 aromatic rings. The molecule has 2 heterocycles. The monoisotopic (exact) mass is 342 g/mol. The average Bonchev–Trinajstić information content (AvgIpc) is 2.55. The van der Waals surface area contributed by atoms with E-state index < -0.39 is 74.6 Å². The lowest BCUT2D eigenvalue weighted by atomic mass is 9.97. The van der Waals surface area contributed by atoms with Crippen LogP contribution in [0.5, 0.6) is 0 Å². The lowest BCUT2D eigenvalue weighted by Gasteiger charge is -2.45. The van der Waals surface area contributed by atoms with Crippen LogP contribution >= 0.6 is 0 Å². The second-order valence-electron chi connectivity index (χ2n) is 5.53. The summed E-state index contributed by atoms with van der Waals surface area (Å²) in [6.45, 7) is -1.35. The Labute approximate surface area is 130 Å². The molecule has 2 aliphatic rings. The molecule has 0 aromatic carbocycles. The maximum atomic E-state index is 9.94. The topological polar surface area (TPSA) is 190 Å². The lowest BCUT2D eigenvalue weighted by Crippen LogP contribution is -2.64. The largest absolute Gasteiger partial charge is 0.394 e. The standard InChI is InChI=1S/C12H22O11/c13-1-3-5(15)6(16)9(19)12(22-3)23-10-4(2-14)21-11(20)8(18)7(10)17/h3-20H,1-2H2/t3?,4?,5-,6+,7-,8?,9?,10-,11?,12-/m1/s1. The first kappa shape index (κ1) is 18.9. The summed E-state index contributed by atoms with van der Waals surface area (Å²) in [4.78, 5) is 0. The minimum Gasteiger partial charge on any atom is -0.394 e. The summed E-state index contributed by atoms with van der Waals surface area (Å²) in [5.41, 5.74) is 0. The SMILES string of the molecule is OCC1O[C@H](O[C@@H]2C(CO)OC(O)C(O)[C@H]2O)C(O)[C@@H](O)[C@@H]1O. The maximum Gasteiger partial charge on any atom is 0.187 e. The first-order valence-corrected chi connectivity index (χ1v) is 7.08. The summed E-state index contributed by atoms with van der Waals surface area (Å²) in [6, 6.07) is 0. The van der Waals surface area contributed by atoms with Gasteiger partial charge in [-0.25, -0.2) is 0 Å². The molecule has 5 unspecified atom stereocenters. The summed E-state index contributed by atoms with van der Waals surface area (Å²) in [7, 11) is 0. The molecule has 2 aliphatic heterocycles.